The number of rotatable bonds is 7. The maximum Gasteiger partial charge on any atom is 0.250 e. The number of nitrogens with one attached hydrogen (secondary N) is 1. The van der Waals surface area contributed by atoms with Gasteiger partial charge in [-0.3, -0.25) is 4.79 Å². The Balaban J connectivity index is 1.55. The van der Waals surface area contributed by atoms with Crippen LogP contribution in [0.3, 0.4) is 0 Å². The number of fused-ring (bicyclic) bond motifs is 1. The molecule has 1 amide bonds. The molecular formula is C29H29FN4O2S. The molecule has 190 valence electrons. The lowest BCUT2D eigenvalue weighted by atomic mass is 10.0. The van der Waals surface area contributed by atoms with E-state index in [-0.39, 0.29) is 17.5 Å². The third-order valence-electron chi connectivity index (χ3n) is 6.77. The number of thiol groups is 1. The van der Waals surface area contributed by atoms with Crippen molar-refractivity contribution in [3.8, 4) is 5.75 Å². The first-order valence-corrected chi connectivity index (χ1v) is 12.8. The number of hydrogen-bond acceptors (Lipinski definition) is 6. The fourth-order valence-electron chi connectivity index (χ4n) is 5.02. The summed E-state index contributed by atoms with van der Waals surface area (Å²) in [6, 6.07) is 18.7. The largest absolute Gasteiger partial charge is 0.494 e. The first-order chi connectivity index (χ1) is 18.0. The van der Waals surface area contributed by atoms with Crippen LogP contribution in [0.15, 0.2) is 77.8 Å². The standard InChI is InChI=1S/C29H29FN4O2S/c1-2-36-20-10-12-24(30)23(17-20)27(33-19-9-11-21-18(16-19)13-14-32-28(21)31)29(35)34-15-5-7-25(34)22-6-3-4-8-26(22)37/h3-4,6,8-14,16-17,25,27,33,37H,2,5,7,15H2,1H3,(H2,31,32)/t25-,27-/m1/s1. The third kappa shape index (κ3) is 5.06. The third-order valence-corrected chi connectivity index (χ3v) is 7.18. The highest BCUT2D eigenvalue weighted by Gasteiger charge is 2.36. The number of pyridine rings is 1. The highest BCUT2D eigenvalue weighted by atomic mass is 32.1. The molecule has 5 rings (SSSR count). The lowest BCUT2D eigenvalue weighted by Gasteiger charge is -2.31. The maximum absolute atomic E-state index is 15.3. The van der Waals surface area contributed by atoms with E-state index in [0.717, 1.165) is 34.1 Å². The maximum atomic E-state index is 15.3. The molecule has 8 heteroatoms. The van der Waals surface area contributed by atoms with Crippen LogP contribution < -0.4 is 15.8 Å². The average Bonchev–Trinajstić information content (AvgIpc) is 3.38. The molecule has 3 N–H and O–H groups in total. The highest BCUT2D eigenvalue weighted by Crippen LogP contribution is 2.38. The zero-order chi connectivity index (χ0) is 25.9. The van der Waals surface area contributed by atoms with Crippen LogP contribution in [0, 0.1) is 5.82 Å². The predicted molar refractivity (Wildman–Crippen MR) is 147 cm³/mol. The van der Waals surface area contributed by atoms with Crippen LogP contribution in [-0.4, -0.2) is 28.9 Å². The number of carbonyl (C=O) groups is 1. The Morgan fingerprint density at radius 3 is 2.86 bits per heavy atom. The molecule has 1 aliphatic heterocycles. The fourth-order valence-corrected chi connectivity index (χ4v) is 5.33. The Morgan fingerprint density at radius 1 is 1.22 bits per heavy atom. The van der Waals surface area contributed by atoms with E-state index in [4.69, 9.17) is 10.5 Å². The van der Waals surface area contributed by atoms with Gasteiger partial charge in [0.25, 0.3) is 0 Å². The van der Waals surface area contributed by atoms with Crippen LogP contribution in [-0.2, 0) is 4.79 Å². The van der Waals surface area contributed by atoms with Crippen LogP contribution in [0.4, 0.5) is 15.9 Å². The summed E-state index contributed by atoms with van der Waals surface area (Å²) in [5, 5.41) is 4.99. The van der Waals surface area contributed by atoms with Crippen LogP contribution in [0.1, 0.15) is 43.0 Å². The molecule has 0 aliphatic carbocycles. The minimum Gasteiger partial charge on any atom is -0.494 e. The van der Waals surface area contributed by atoms with E-state index in [9.17, 15) is 4.79 Å². The molecule has 4 aromatic rings. The summed E-state index contributed by atoms with van der Waals surface area (Å²) < 4.78 is 20.9. The smallest absolute Gasteiger partial charge is 0.250 e. The second-order valence-corrected chi connectivity index (χ2v) is 9.56. The number of nitrogens with zero attached hydrogens (tertiary/aromatic N) is 2. The van der Waals surface area contributed by atoms with Gasteiger partial charge < -0.3 is 20.7 Å². The van der Waals surface area contributed by atoms with Gasteiger partial charge in [0, 0.05) is 34.3 Å². The molecule has 0 spiro atoms. The number of amides is 1. The molecule has 6 nitrogen and oxygen atoms in total. The molecule has 1 fully saturated rings. The number of ether oxygens (including phenoxy) is 1. The predicted octanol–water partition coefficient (Wildman–Crippen LogP) is 6.16. The number of carbonyl (C=O) groups excluding carboxylic acids is 1. The normalized spacial score (nSPS) is 16.1. The van der Waals surface area contributed by atoms with E-state index in [2.05, 4.69) is 22.9 Å². The lowest BCUT2D eigenvalue weighted by Crippen LogP contribution is -2.38. The van der Waals surface area contributed by atoms with Crippen LogP contribution in [0.25, 0.3) is 10.8 Å². The van der Waals surface area contributed by atoms with Crippen molar-refractivity contribution in [3.05, 3.63) is 89.9 Å². The minimum absolute atomic E-state index is 0.133. The van der Waals surface area contributed by atoms with Gasteiger partial charge in [0.05, 0.1) is 12.6 Å². The van der Waals surface area contributed by atoms with E-state index < -0.39 is 11.9 Å². The van der Waals surface area contributed by atoms with Gasteiger partial charge in [-0.25, -0.2) is 9.37 Å². The van der Waals surface area contributed by atoms with Crippen LogP contribution in [0.5, 0.6) is 5.75 Å². The van der Waals surface area contributed by atoms with E-state index in [0.29, 0.717) is 30.4 Å². The number of aromatic nitrogens is 1. The quantitative estimate of drug-likeness (QED) is 0.256. The van der Waals surface area contributed by atoms with E-state index >= 15 is 4.39 Å². The second kappa shape index (κ2) is 10.7. The van der Waals surface area contributed by atoms with Crippen molar-refractivity contribution in [2.45, 2.75) is 36.7 Å². The monoisotopic (exact) mass is 516 g/mol. The molecular weight excluding hydrogens is 487 g/mol. The number of benzene rings is 3. The summed E-state index contributed by atoms with van der Waals surface area (Å²) in [4.78, 5) is 21.0. The Kier molecular flexibility index (Phi) is 7.19. The van der Waals surface area contributed by atoms with E-state index in [1.807, 2.05) is 60.4 Å². The van der Waals surface area contributed by atoms with Gasteiger partial charge in [-0.2, -0.15) is 0 Å². The Hall–Kier alpha value is -3.78. The van der Waals surface area contributed by atoms with Crippen molar-refractivity contribution in [3.63, 3.8) is 0 Å². The molecule has 0 radical (unpaired) electrons. The van der Waals surface area contributed by atoms with Gasteiger partial charge in [0.1, 0.15) is 23.4 Å². The van der Waals surface area contributed by atoms with Crippen LogP contribution in [0.2, 0.25) is 0 Å². The summed E-state index contributed by atoms with van der Waals surface area (Å²) in [5.41, 5.74) is 7.91. The van der Waals surface area contributed by atoms with Crippen molar-refractivity contribution in [1.82, 2.24) is 9.88 Å². The molecule has 1 aromatic heterocycles. The molecule has 1 aliphatic rings. The molecule has 2 heterocycles. The van der Waals surface area contributed by atoms with Gasteiger partial charge >= 0.3 is 0 Å². The number of halogens is 1. The SMILES string of the molecule is CCOc1ccc(F)c([C@@H](Nc2ccc3c(N)nccc3c2)C(=O)N2CCC[C@@H]2c2ccccc2S)c1. The summed E-state index contributed by atoms with van der Waals surface area (Å²) >= 11 is 4.63. The van der Waals surface area contributed by atoms with Crippen molar-refractivity contribution in [2.75, 3.05) is 24.2 Å². The summed E-state index contributed by atoms with van der Waals surface area (Å²) in [5.74, 6) is 0.252. The fraction of sp³-hybridized carbons (Fsp3) is 0.241. The first-order valence-electron chi connectivity index (χ1n) is 12.4. The number of nitrogen functional groups attached to an aromatic ring is 1. The summed E-state index contributed by atoms with van der Waals surface area (Å²) in [6.07, 6.45) is 3.31. The average molecular weight is 517 g/mol. The molecule has 37 heavy (non-hydrogen) atoms. The lowest BCUT2D eigenvalue weighted by molar-refractivity contribution is -0.133. The van der Waals surface area contributed by atoms with Crippen molar-refractivity contribution < 1.29 is 13.9 Å². The van der Waals surface area contributed by atoms with E-state index in [1.54, 1.807) is 18.3 Å². The molecule has 1 saturated heterocycles. The molecule has 0 bridgehead atoms. The Labute approximate surface area is 221 Å². The zero-order valence-electron chi connectivity index (χ0n) is 20.5. The second-order valence-electron chi connectivity index (χ2n) is 9.07. The van der Waals surface area contributed by atoms with Gasteiger partial charge in [0.2, 0.25) is 5.91 Å². The van der Waals surface area contributed by atoms with E-state index in [1.165, 1.54) is 6.07 Å². The molecule has 0 unspecified atom stereocenters. The Bertz CT molecular complexity index is 1450. The summed E-state index contributed by atoms with van der Waals surface area (Å²) in [6.45, 7) is 2.88. The summed E-state index contributed by atoms with van der Waals surface area (Å²) in [7, 11) is 0. The van der Waals surface area contributed by atoms with Gasteiger partial charge in [-0.15, -0.1) is 12.6 Å². The van der Waals surface area contributed by atoms with Crippen molar-refractivity contribution in [1.29, 1.82) is 0 Å². The number of anilines is 2. The molecule has 0 saturated carbocycles. The number of hydrogen-bond donors (Lipinski definition) is 3. The van der Waals surface area contributed by atoms with Crippen LogP contribution >= 0.6 is 12.6 Å². The minimum atomic E-state index is -0.968. The van der Waals surface area contributed by atoms with Crippen molar-refractivity contribution in [2.24, 2.45) is 0 Å². The Morgan fingerprint density at radius 2 is 2.05 bits per heavy atom. The van der Waals surface area contributed by atoms with Gasteiger partial charge in [-0.1, -0.05) is 18.2 Å². The topological polar surface area (TPSA) is 80.5 Å². The van der Waals surface area contributed by atoms with Crippen molar-refractivity contribution >= 4 is 40.8 Å². The molecule has 2 atom stereocenters. The zero-order valence-corrected chi connectivity index (χ0v) is 21.4. The first kappa shape index (κ1) is 24.9. The number of nitrogens with two attached hydrogens (primary N) is 1. The highest BCUT2D eigenvalue weighted by molar-refractivity contribution is 7.80. The number of likely N-dealkylation sites (tertiary alicyclic amines) is 1. The van der Waals surface area contributed by atoms with Gasteiger partial charge in [0.15, 0.2) is 0 Å². The molecule has 3 aromatic carbocycles. The van der Waals surface area contributed by atoms with Gasteiger partial charge in [-0.05, 0) is 79.2 Å².